The Morgan fingerprint density at radius 1 is 1.48 bits per heavy atom. The molecule has 1 saturated heterocycles. The molecule has 122 valence electrons. The number of nitrogens with one attached hydrogen (secondary N) is 1. The highest BCUT2D eigenvalue weighted by atomic mass is 32.1. The van der Waals surface area contributed by atoms with Crippen LogP contribution in [0.5, 0.6) is 0 Å². The predicted octanol–water partition coefficient (Wildman–Crippen LogP) is 1.24. The third-order valence-electron chi connectivity index (χ3n) is 4.47. The topological polar surface area (TPSA) is 80.4 Å². The maximum absolute atomic E-state index is 12.3. The summed E-state index contributed by atoms with van der Waals surface area (Å²) in [4.78, 5) is 24.8. The molecule has 8 heteroatoms. The number of hydrogen-bond donors (Lipinski definition) is 1. The summed E-state index contributed by atoms with van der Waals surface area (Å²) in [6.07, 6.45) is 2.74. The van der Waals surface area contributed by atoms with Crippen molar-refractivity contribution in [1.29, 1.82) is 0 Å². The Balaban J connectivity index is 1.88. The van der Waals surface area contributed by atoms with Crippen LogP contribution >= 0.6 is 12.2 Å². The zero-order valence-electron chi connectivity index (χ0n) is 12.6. The summed E-state index contributed by atoms with van der Waals surface area (Å²) in [5, 5.41) is 14.8. The molecular formula is C15H18N4O3S. The maximum atomic E-state index is 12.3. The van der Waals surface area contributed by atoms with Gasteiger partial charge in [-0.15, -0.1) is 6.58 Å². The first-order chi connectivity index (χ1) is 11.0. The molecule has 2 atom stereocenters. The number of piperidine rings is 1. The van der Waals surface area contributed by atoms with E-state index in [9.17, 15) is 14.9 Å². The summed E-state index contributed by atoms with van der Waals surface area (Å²) in [7, 11) is 0. The lowest BCUT2D eigenvalue weighted by molar-refractivity contribution is -0.386. The van der Waals surface area contributed by atoms with Crippen LogP contribution in [0.1, 0.15) is 18.0 Å². The Bertz CT molecular complexity index is 730. The van der Waals surface area contributed by atoms with Gasteiger partial charge in [-0.3, -0.25) is 14.9 Å². The molecule has 2 aliphatic heterocycles. The summed E-state index contributed by atoms with van der Waals surface area (Å²) in [6.45, 7) is 6.26. The summed E-state index contributed by atoms with van der Waals surface area (Å²) in [5.74, 6) is 0.434. The van der Waals surface area contributed by atoms with Gasteiger partial charge in [0.25, 0.3) is 0 Å². The van der Waals surface area contributed by atoms with Crippen molar-refractivity contribution in [2.75, 3.05) is 19.6 Å². The van der Waals surface area contributed by atoms with Crippen molar-refractivity contribution in [3.63, 3.8) is 0 Å². The molecule has 0 spiro atoms. The number of aromatic nitrogens is 1. The van der Waals surface area contributed by atoms with Crippen LogP contribution in [-0.2, 0) is 6.54 Å². The number of nitrogens with zero attached hydrogens (tertiary/aromatic N) is 3. The minimum absolute atomic E-state index is 0.166. The highest BCUT2D eigenvalue weighted by Gasteiger charge is 2.36. The highest BCUT2D eigenvalue weighted by molar-refractivity contribution is 7.80. The third kappa shape index (κ3) is 2.86. The van der Waals surface area contributed by atoms with Crippen molar-refractivity contribution < 1.29 is 4.92 Å². The smallest absolute Gasteiger partial charge is 0.334 e. The number of likely N-dealkylation sites (tertiary alicyclic amines) is 1. The highest BCUT2D eigenvalue weighted by Crippen LogP contribution is 2.35. The van der Waals surface area contributed by atoms with Gasteiger partial charge >= 0.3 is 11.2 Å². The van der Waals surface area contributed by atoms with E-state index in [4.69, 9.17) is 12.2 Å². The molecule has 1 N–H and O–H groups in total. The van der Waals surface area contributed by atoms with Gasteiger partial charge in [0, 0.05) is 43.9 Å². The SMILES string of the molecule is C=CCNC(=S)N1C[C@H]2C[C@@H](C1)c1ccc([N+](=O)[O-])c(=O)n1C2. The van der Waals surface area contributed by atoms with Gasteiger partial charge in [-0.2, -0.15) is 0 Å². The lowest BCUT2D eigenvalue weighted by Crippen LogP contribution is -2.51. The van der Waals surface area contributed by atoms with E-state index in [1.165, 1.54) is 6.07 Å². The van der Waals surface area contributed by atoms with Crippen LogP contribution in [0.2, 0.25) is 0 Å². The van der Waals surface area contributed by atoms with Gasteiger partial charge in [-0.05, 0) is 30.6 Å². The molecule has 3 rings (SSSR count). The van der Waals surface area contributed by atoms with Crippen molar-refractivity contribution in [3.05, 3.63) is 50.9 Å². The standard InChI is InChI=1S/C15H18N4O3S/c1-2-5-16-15(23)17-7-10-6-11(9-17)12-3-4-13(19(21)22)14(20)18(12)8-10/h2-4,10-11H,1,5-9H2,(H,16,23)/t10-,11+/m1/s1. The average Bonchev–Trinajstić information content (AvgIpc) is 2.53. The van der Waals surface area contributed by atoms with Crippen molar-refractivity contribution in [1.82, 2.24) is 14.8 Å². The van der Waals surface area contributed by atoms with Crippen molar-refractivity contribution in [3.8, 4) is 0 Å². The van der Waals surface area contributed by atoms with Crippen LogP contribution in [0.4, 0.5) is 5.69 Å². The molecule has 2 bridgehead atoms. The van der Waals surface area contributed by atoms with E-state index in [1.807, 2.05) is 0 Å². The fraction of sp³-hybridized carbons (Fsp3) is 0.467. The zero-order valence-corrected chi connectivity index (χ0v) is 13.4. The van der Waals surface area contributed by atoms with Crippen LogP contribution in [0.25, 0.3) is 0 Å². The molecule has 3 heterocycles. The van der Waals surface area contributed by atoms with Crippen molar-refractivity contribution >= 4 is 23.0 Å². The van der Waals surface area contributed by atoms with Gasteiger partial charge < -0.3 is 14.8 Å². The second-order valence-electron chi connectivity index (χ2n) is 5.99. The van der Waals surface area contributed by atoms with Gasteiger partial charge in [-0.1, -0.05) is 6.08 Å². The molecule has 1 aromatic rings. The summed E-state index contributed by atoms with van der Waals surface area (Å²) in [5.41, 5.74) is 0.0184. The lowest BCUT2D eigenvalue weighted by Gasteiger charge is -2.43. The van der Waals surface area contributed by atoms with Crippen molar-refractivity contribution in [2.45, 2.75) is 18.9 Å². The number of thiocarbonyl (C=S) groups is 1. The minimum atomic E-state index is -0.610. The number of hydrogen-bond acceptors (Lipinski definition) is 4. The van der Waals surface area contributed by atoms with Gasteiger partial charge in [0.15, 0.2) is 5.11 Å². The molecule has 0 amide bonds. The Labute approximate surface area is 138 Å². The summed E-state index contributed by atoms with van der Waals surface area (Å²) in [6, 6.07) is 3.03. The van der Waals surface area contributed by atoms with Crippen LogP contribution in [0.3, 0.4) is 0 Å². The second kappa shape index (κ2) is 6.11. The molecule has 0 saturated carbocycles. The monoisotopic (exact) mass is 334 g/mol. The molecule has 1 fully saturated rings. The normalized spacial score (nSPS) is 22.2. The number of nitro groups is 1. The molecule has 1 aromatic heterocycles. The average molecular weight is 334 g/mol. The van der Waals surface area contributed by atoms with E-state index in [2.05, 4.69) is 16.8 Å². The van der Waals surface area contributed by atoms with E-state index in [-0.39, 0.29) is 17.5 Å². The van der Waals surface area contributed by atoms with E-state index in [0.29, 0.717) is 18.2 Å². The molecular weight excluding hydrogens is 316 g/mol. The fourth-order valence-corrected chi connectivity index (χ4v) is 3.74. The molecule has 0 aliphatic carbocycles. The molecule has 0 radical (unpaired) electrons. The van der Waals surface area contributed by atoms with Gasteiger partial charge in [0.05, 0.1) is 4.92 Å². The minimum Gasteiger partial charge on any atom is -0.359 e. The van der Waals surface area contributed by atoms with Crippen LogP contribution < -0.4 is 10.9 Å². The molecule has 23 heavy (non-hydrogen) atoms. The van der Waals surface area contributed by atoms with E-state index in [1.54, 1.807) is 16.7 Å². The van der Waals surface area contributed by atoms with Crippen LogP contribution in [0.15, 0.2) is 29.6 Å². The van der Waals surface area contributed by atoms with Crippen molar-refractivity contribution in [2.24, 2.45) is 5.92 Å². The first kappa shape index (κ1) is 15.7. The Morgan fingerprint density at radius 2 is 2.26 bits per heavy atom. The van der Waals surface area contributed by atoms with Crippen LogP contribution in [-0.4, -0.2) is 39.1 Å². The quantitative estimate of drug-likeness (QED) is 0.388. The Kier molecular flexibility index (Phi) is 4.16. The molecule has 0 unspecified atom stereocenters. The second-order valence-corrected chi connectivity index (χ2v) is 6.38. The Morgan fingerprint density at radius 3 is 2.96 bits per heavy atom. The largest absolute Gasteiger partial charge is 0.359 e. The number of pyridine rings is 1. The lowest BCUT2D eigenvalue weighted by atomic mass is 9.83. The summed E-state index contributed by atoms with van der Waals surface area (Å²) >= 11 is 5.41. The molecule has 0 aromatic carbocycles. The molecule has 2 aliphatic rings. The Hall–Kier alpha value is -2.22. The van der Waals surface area contributed by atoms with E-state index < -0.39 is 10.5 Å². The van der Waals surface area contributed by atoms with Gasteiger partial charge in [-0.25, -0.2) is 0 Å². The van der Waals surface area contributed by atoms with E-state index >= 15 is 0 Å². The third-order valence-corrected chi connectivity index (χ3v) is 4.87. The number of fused-ring (bicyclic) bond motifs is 4. The summed E-state index contributed by atoms with van der Waals surface area (Å²) < 4.78 is 1.58. The first-order valence-corrected chi connectivity index (χ1v) is 7.94. The fourth-order valence-electron chi connectivity index (χ4n) is 3.51. The zero-order chi connectivity index (χ0) is 16.6. The van der Waals surface area contributed by atoms with Gasteiger partial charge in [0.2, 0.25) is 0 Å². The molecule has 7 nitrogen and oxygen atoms in total. The first-order valence-electron chi connectivity index (χ1n) is 7.53. The van der Waals surface area contributed by atoms with Crippen LogP contribution in [0, 0.1) is 16.0 Å². The maximum Gasteiger partial charge on any atom is 0.334 e. The number of rotatable bonds is 3. The van der Waals surface area contributed by atoms with E-state index in [0.717, 1.165) is 25.2 Å². The predicted molar refractivity (Wildman–Crippen MR) is 90.6 cm³/mol. The van der Waals surface area contributed by atoms with Gasteiger partial charge in [0.1, 0.15) is 0 Å².